The fraction of sp³-hybridized carbons (Fsp3) is 0.296. The van der Waals surface area contributed by atoms with E-state index in [0.29, 0.717) is 11.8 Å². The molecule has 0 spiro atoms. The zero-order valence-corrected chi connectivity index (χ0v) is 20.6. The SMILES string of the molecule is CN1CCC(Oc2ccc(O)cc2)CC1.Cc1ccccc1NC(=O)c1cc2sccc2n1C. The van der Waals surface area contributed by atoms with E-state index < -0.39 is 0 Å². The first kappa shape index (κ1) is 23.9. The molecule has 0 atom stereocenters. The van der Waals surface area contributed by atoms with Gasteiger partial charge in [-0.1, -0.05) is 18.2 Å². The summed E-state index contributed by atoms with van der Waals surface area (Å²) in [4.78, 5) is 14.6. The number of rotatable bonds is 4. The standard InChI is InChI=1S/C15H14N2OS.C12H17NO2/c1-10-5-3-4-6-11(10)16-15(18)13-9-14-12(17(13)2)7-8-19-14;1-13-8-6-12(7-9-13)15-11-4-2-10(14)3-5-11/h3-9H,1-2H3,(H,16,18);2-5,12,14H,6-9H2,1H3. The van der Waals surface area contributed by atoms with E-state index >= 15 is 0 Å². The van der Waals surface area contributed by atoms with Crippen molar-refractivity contribution in [1.82, 2.24) is 9.47 Å². The number of aromatic nitrogens is 1. The molecule has 0 bridgehead atoms. The Morgan fingerprint density at radius 1 is 1.06 bits per heavy atom. The lowest BCUT2D eigenvalue weighted by atomic mass is 10.1. The highest BCUT2D eigenvalue weighted by molar-refractivity contribution is 7.17. The Morgan fingerprint density at radius 3 is 2.44 bits per heavy atom. The molecule has 5 rings (SSSR count). The number of aryl methyl sites for hydroxylation is 2. The number of ether oxygens (including phenoxy) is 1. The zero-order valence-electron chi connectivity index (χ0n) is 19.8. The van der Waals surface area contributed by atoms with Crippen molar-refractivity contribution in [2.75, 3.05) is 25.5 Å². The second-order valence-electron chi connectivity index (χ2n) is 8.64. The third kappa shape index (κ3) is 5.79. The van der Waals surface area contributed by atoms with Crippen molar-refractivity contribution in [1.29, 1.82) is 0 Å². The number of nitrogens with one attached hydrogen (secondary N) is 1. The molecule has 4 aromatic rings. The van der Waals surface area contributed by atoms with Gasteiger partial charge in [0.1, 0.15) is 23.3 Å². The monoisotopic (exact) mass is 477 g/mol. The van der Waals surface area contributed by atoms with Crippen molar-refractivity contribution >= 4 is 33.1 Å². The van der Waals surface area contributed by atoms with Crippen LogP contribution in [0.1, 0.15) is 28.9 Å². The molecule has 3 heterocycles. The number of aromatic hydroxyl groups is 1. The molecule has 34 heavy (non-hydrogen) atoms. The van der Waals surface area contributed by atoms with E-state index in [2.05, 4.69) is 17.3 Å². The highest BCUT2D eigenvalue weighted by atomic mass is 32.1. The van der Waals surface area contributed by atoms with E-state index in [1.54, 1.807) is 23.5 Å². The number of fused-ring (bicyclic) bond motifs is 1. The minimum atomic E-state index is -0.0693. The van der Waals surface area contributed by atoms with Gasteiger partial charge in [-0.05, 0) is 80.2 Å². The number of carbonyl (C=O) groups is 1. The minimum Gasteiger partial charge on any atom is -0.508 e. The third-order valence-corrected chi connectivity index (χ3v) is 6.95. The van der Waals surface area contributed by atoms with Crippen molar-refractivity contribution in [3.8, 4) is 11.5 Å². The van der Waals surface area contributed by atoms with Crippen LogP contribution in [-0.2, 0) is 7.05 Å². The predicted octanol–water partition coefficient (Wildman–Crippen LogP) is 5.67. The second kappa shape index (κ2) is 10.8. The highest BCUT2D eigenvalue weighted by Gasteiger charge is 2.18. The van der Waals surface area contributed by atoms with Crippen LogP contribution in [0.4, 0.5) is 5.69 Å². The molecule has 2 aromatic carbocycles. The van der Waals surface area contributed by atoms with Gasteiger partial charge in [0, 0.05) is 25.8 Å². The fourth-order valence-electron chi connectivity index (χ4n) is 3.99. The van der Waals surface area contributed by atoms with Gasteiger partial charge in [0.15, 0.2) is 0 Å². The second-order valence-corrected chi connectivity index (χ2v) is 9.59. The van der Waals surface area contributed by atoms with Crippen LogP contribution in [0, 0.1) is 6.92 Å². The number of hydrogen-bond donors (Lipinski definition) is 2. The Balaban J connectivity index is 0.000000166. The number of likely N-dealkylation sites (tertiary alicyclic amines) is 1. The summed E-state index contributed by atoms with van der Waals surface area (Å²) in [5.74, 6) is 1.06. The molecule has 1 fully saturated rings. The number of anilines is 1. The van der Waals surface area contributed by atoms with Gasteiger partial charge in [-0.3, -0.25) is 4.79 Å². The van der Waals surface area contributed by atoms with Crippen LogP contribution in [0.3, 0.4) is 0 Å². The third-order valence-electron chi connectivity index (χ3n) is 6.09. The number of amides is 1. The van der Waals surface area contributed by atoms with Crippen LogP contribution in [0.25, 0.3) is 10.2 Å². The number of hydrogen-bond acceptors (Lipinski definition) is 5. The van der Waals surface area contributed by atoms with Gasteiger partial charge in [0.05, 0.1) is 10.2 Å². The molecular weight excluding hydrogens is 446 g/mol. The molecule has 0 saturated carbocycles. The van der Waals surface area contributed by atoms with E-state index in [1.807, 2.05) is 72.4 Å². The van der Waals surface area contributed by atoms with Crippen LogP contribution >= 0.6 is 11.3 Å². The molecule has 0 unspecified atom stereocenters. The maximum atomic E-state index is 12.3. The minimum absolute atomic E-state index is 0.0693. The number of thiophene rings is 1. The van der Waals surface area contributed by atoms with Gasteiger partial charge in [0.2, 0.25) is 0 Å². The normalized spacial score (nSPS) is 14.4. The summed E-state index contributed by atoms with van der Waals surface area (Å²) in [7, 11) is 4.05. The molecule has 7 heteroatoms. The largest absolute Gasteiger partial charge is 0.508 e. The van der Waals surface area contributed by atoms with Crippen molar-refractivity contribution in [2.24, 2.45) is 7.05 Å². The summed E-state index contributed by atoms with van der Waals surface area (Å²) in [5.41, 5.74) is 3.70. The molecular formula is C27H31N3O3S. The van der Waals surface area contributed by atoms with Gasteiger partial charge in [0.25, 0.3) is 5.91 Å². The van der Waals surface area contributed by atoms with Crippen LogP contribution in [0.2, 0.25) is 0 Å². The molecule has 178 valence electrons. The van der Waals surface area contributed by atoms with Crippen LogP contribution < -0.4 is 10.1 Å². The molecule has 2 N–H and O–H groups in total. The van der Waals surface area contributed by atoms with E-state index in [1.165, 1.54) is 0 Å². The first-order valence-electron chi connectivity index (χ1n) is 11.4. The molecule has 0 radical (unpaired) electrons. The molecule has 0 aliphatic carbocycles. The number of carbonyl (C=O) groups excluding carboxylic acids is 1. The van der Waals surface area contributed by atoms with Gasteiger partial charge in [-0.15, -0.1) is 11.3 Å². The number of piperidine rings is 1. The molecule has 1 saturated heterocycles. The van der Waals surface area contributed by atoms with Crippen molar-refractivity contribution in [3.05, 3.63) is 77.3 Å². The average molecular weight is 478 g/mol. The topological polar surface area (TPSA) is 66.7 Å². The number of phenols is 1. The van der Waals surface area contributed by atoms with Gasteiger partial charge in [-0.25, -0.2) is 0 Å². The Kier molecular flexibility index (Phi) is 7.55. The van der Waals surface area contributed by atoms with Crippen molar-refractivity contribution < 1.29 is 14.6 Å². The van der Waals surface area contributed by atoms with E-state index in [4.69, 9.17) is 9.84 Å². The van der Waals surface area contributed by atoms with Crippen LogP contribution in [0.15, 0.2) is 66.0 Å². The van der Waals surface area contributed by atoms with Gasteiger partial charge in [-0.2, -0.15) is 0 Å². The molecule has 1 aliphatic heterocycles. The van der Waals surface area contributed by atoms with Crippen molar-refractivity contribution in [3.63, 3.8) is 0 Å². The summed E-state index contributed by atoms with van der Waals surface area (Å²) in [5, 5.41) is 14.1. The lowest BCUT2D eigenvalue weighted by molar-refractivity contribution is 0.101. The molecule has 1 aliphatic rings. The summed E-state index contributed by atoms with van der Waals surface area (Å²) in [6.45, 7) is 4.19. The molecule has 6 nitrogen and oxygen atoms in total. The lowest BCUT2D eigenvalue weighted by Gasteiger charge is -2.29. The average Bonchev–Trinajstić information content (AvgIpc) is 3.42. The number of para-hydroxylation sites is 1. The smallest absolute Gasteiger partial charge is 0.272 e. The molecule has 1 amide bonds. The van der Waals surface area contributed by atoms with E-state index in [0.717, 1.165) is 53.1 Å². The Morgan fingerprint density at radius 2 is 1.76 bits per heavy atom. The summed E-state index contributed by atoms with van der Waals surface area (Å²) >= 11 is 1.65. The molecule has 2 aromatic heterocycles. The maximum absolute atomic E-state index is 12.3. The summed E-state index contributed by atoms with van der Waals surface area (Å²) < 4.78 is 8.89. The van der Waals surface area contributed by atoms with Gasteiger partial charge >= 0.3 is 0 Å². The van der Waals surface area contributed by atoms with Crippen LogP contribution in [-0.4, -0.2) is 46.7 Å². The van der Waals surface area contributed by atoms with Crippen LogP contribution in [0.5, 0.6) is 11.5 Å². The number of nitrogens with zero attached hydrogens (tertiary/aromatic N) is 2. The summed E-state index contributed by atoms with van der Waals surface area (Å²) in [6.07, 6.45) is 2.49. The zero-order chi connectivity index (χ0) is 24.1. The Hall–Kier alpha value is -3.29. The Bertz CT molecular complexity index is 1240. The van der Waals surface area contributed by atoms with E-state index in [-0.39, 0.29) is 11.7 Å². The fourth-order valence-corrected chi connectivity index (χ4v) is 4.84. The predicted molar refractivity (Wildman–Crippen MR) is 139 cm³/mol. The lowest BCUT2D eigenvalue weighted by Crippen LogP contribution is -2.35. The number of benzene rings is 2. The maximum Gasteiger partial charge on any atom is 0.272 e. The highest BCUT2D eigenvalue weighted by Crippen LogP contribution is 2.25. The summed E-state index contributed by atoms with van der Waals surface area (Å²) in [6, 6.07) is 18.7. The first-order valence-corrected chi connectivity index (χ1v) is 12.3. The first-order chi connectivity index (χ1) is 16.4. The Labute approximate surface area is 204 Å². The van der Waals surface area contributed by atoms with Gasteiger partial charge < -0.3 is 24.6 Å². The number of phenolic OH excluding ortho intramolecular Hbond substituents is 1. The van der Waals surface area contributed by atoms with Crippen molar-refractivity contribution in [2.45, 2.75) is 25.9 Å². The van der Waals surface area contributed by atoms with E-state index in [9.17, 15) is 4.79 Å². The quantitative estimate of drug-likeness (QED) is 0.398.